The molecule has 78 valence electrons. The maximum atomic E-state index is 11.1. The molecule has 1 aliphatic heterocycles. The second-order valence-electron chi connectivity index (χ2n) is 2.83. The van der Waals surface area contributed by atoms with Crippen molar-refractivity contribution in [2.45, 2.75) is 0 Å². The predicted molar refractivity (Wildman–Crippen MR) is 46.2 cm³/mol. The Morgan fingerprint density at radius 3 is 2.67 bits per heavy atom. The second-order valence-corrected chi connectivity index (χ2v) is 2.83. The fourth-order valence-corrected chi connectivity index (χ4v) is 1.26. The highest BCUT2D eigenvalue weighted by Gasteiger charge is 2.26. The topological polar surface area (TPSA) is 93.1 Å². The lowest BCUT2D eigenvalue weighted by atomic mass is 10.1. The first kappa shape index (κ1) is 9.32. The van der Waals surface area contributed by atoms with Crippen LogP contribution in [0.15, 0.2) is 12.1 Å². The largest absolute Gasteiger partial charge is 0.504 e. The number of carboxylic acids is 1. The monoisotopic (exact) mass is 210 g/mol. The van der Waals surface area contributed by atoms with Crippen molar-refractivity contribution in [2.24, 2.45) is 0 Å². The van der Waals surface area contributed by atoms with E-state index in [1.165, 1.54) is 12.1 Å². The zero-order chi connectivity index (χ0) is 11.0. The van der Waals surface area contributed by atoms with Gasteiger partial charge in [0.25, 0.3) is 5.78 Å². The van der Waals surface area contributed by atoms with Crippen molar-refractivity contribution in [1.29, 1.82) is 0 Å². The summed E-state index contributed by atoms with van der Waals surface area (Å²) in [5.41, 5.74) is -0.313. The van der Waals surface area contributed by atoms with Crippen molar-refractivity contribution < 1.29 is 29.3 Å². The molecule has 15 heavy (non-hydrogen) atoms. The van der Waals surface area contributed by atoms with Crippen LogP contribution in [0, 0.1) is 0 Å². The fourth-order valence-electron chi connectivity index (χ4n) is 1.26. The number of ether oxygens (including phenoxy) is 2. The molecule has 0 saturated carbocycles. The zero-order valence-corrected chi connectivity index (χ0v) is 7.39. The van der Waals surface area contributed by atoms with E-state index in [0.717, 1.165) is 0 Å². The molecule has 6 heteroatoms. The van der Waals surface area contributed by atoms with E-state index in [9.17, 15) is 14.7 Å². The number of carbonyl (C=O) groups is 2. The number of benzene rings is 1. The highest BCUT2D eigenvalue weighted by atomic mass is 16.7. The minimum atomic E-state index is -1.64. The molecule has 0 saturated heterocycles. The zero-order valence-electron chi connectivity index (χ0n) is 7.39. The van der Waals surface area contributed by atoms with Gasteiger partial charge in [0.2, 0.25) is 12.5 Å². The van der Waals surface area contributed by atoms with E-state index in [4.69, 9.17) is 14.6 Å². The first-order valence-corrected chi connectivity index (χ1v) is 4.00. The molecule has 1 aliphatic rings. The van der Waals surface area contributed by atoms with Crippen LogP contribution in [-0.4, -0.2) is 28.8 Å². The van der Waals surface area contributed by atoms with Gasteiger partial charge in [-0.05, 0) is 12.1 Å². The molecular weight excluding hydrogens is 204 g/mol. The van der Waals surface area contributed by atoms with Gasteiger partial charge in [-0.2, -0.15) is 0 Å². The van der Waals surface area contributed by atoms with Crippen LogP contribution < -0.4 is 9.47 Å². The maximum absolute atomic E-state index is 11.1. The normalized spacial score (nSPS) is 12.5. The van der Waals surface area contributed by atoms with Gasteiger partial charge in [0.15, 0.2) is 11.5 Å². The quantitative estimate of drug-likeness (QED) is 0.541. The van der Waals surface area contributed by atoms with Crippen molar-refractivity contribution in [3.05, 3.63) is 17.7 Å². The molecule has 1 heterocycles. The second kappa shape index (κ2) is 3.16. The number of phenols is 1. The van der Waals surface area contributed by atoms with E-state index in [2.05, 4.69) is 0 Å². The number of hydrogen-bond acceptors (Lipinski definition) is 5. The minimum absolute atomic E-state index is 0.00194. The van der Waals surface area contributed by atoms with Crippen LogP contribution >= 0.6 is 0 Å². The molecule has 2 N–H and O–H groups in total. The van der Waals surface area contributed by atoms with Gasteiger partial charge < -0.3 is 19.7 Å². The van der Waals surface area contributed by atoms with Gasteiger partial charge in [0.1, 0.15) is 0 Å². The Kier molecular flexibility index (Phi) is 1.96. The van der Waals surface area contributed by atoms with E-state index < -0.39 is 17.5 Å². The third-order valence-electron chi connectivity index (χ3n) is 1.95. The summed E-state index contributed by atoms with van der Waals surface area (Å²) in [6.07, 6.45) is 0. The molecule has 0 spiro atoms. The van der Waals surface area contributed by atoms with Crippen LogP contribution in [-0.2, 0) is 4.79 Å². The third-order valence-corrected chi connectivity index (χ3v) is 1.95. The summed E-state index contributed by atoms with van der Waals surface area (Å²) in [7, 11) is 0. The van der Waals surface area contributed by atoms with Gasteiger partial charge in [-0.15, -0.1) is 0 Å². The average molecular weight is 210 g/mol. The number of carbonyl (C=O) groups excluding carboxylic acids is 1. The van der Waals surface area contributed by atoms with Crippen LogP contribution in [0.5, 0.6) is 17.2 Å². The Hall–Kier alpha value is -2.24. The van der Waals surface area contributed by atoms with Gasteiger partial charge in [0.05, 0.1) is 5.56 Å². The summed E-state index contributed by atoms with van der Waals surface area (Å²) in [6, 6.07) is 2.55. The summed E-state index contributed by atoms with van der Waals surface area (Å²) in [4.78, 5) is 21.5. The number of aliphatic carboxylic acids is 1. The van der Waals surface area contributed by atoms with Crippen molar-refractivity contribution in [2.75, 3.05) is 6.79 Å². The van der Waals surface area contributed by atoms with Crippen LogP contribution in [0.2, 0.25) is 0 Å². The number of phenolic OH excluding ortho intramolecular Hbond substituents is 1. The molecule has 2 rings (SSSR count). The average Bonchev–Trinajstić information content (AvgIpc) is 2.66. The number of ketones is 1. The van der Waals surface area contributed by atoms with Crippen molar-refractivity contribution in [3.63, 3.8) is 0 Å². The lowest BCUT2D eigenvalue weighted by molar-refractivity contribution is -0.131. The smallest absolute Gasteiger partial charge is 0.377 e. The summed E-state index contributed by atoms with van der Waals surface area (Å²) in [6.45, 7) is -0.0619. The van der Waals surface area contributed by atoms with E-state index in [0.29, 0.717) is 0 Å². The predicted octanol–water partition coefficient (Wildman–Crippen LogP) is 0.388. The molecular formula is C9H6O6. The molecule has 0 atom stereocenters. The molecule has 6 nitrogen and oxygen atoms in total. The third kappa shape index (κ3) is 1.35. The Morgan fingerprint density at radius 2 is 2.00 bits per heavy atom. The highest BCUT2D eigenvalue weighted by molar-refractivity contribution is 6.40. The first-order chi connectivity index (χ1) is 7.11. The molecule has 0 radical (unpaired) electrons. The van der Waals surface area contributed by atoms with Gasteiger partial charge in [0, 0.05) is 0 Å². The standard InChI is InChI=1S/C9H6O6/c10-6-4(7(11)9(12)13)1-2-5-8(6)15-3-14-5/h1-2,10H,3H2,(H,12,13). The molecule has 0 aliphatic carbocycles. The number of carboxylic acid groups (broad SMARTS) is 1. The minimum Gasteiger partial charge on any atom is -0.504 e. The van der Waals surface area contributed by atoms with E-state index in [1.54, 1.807) is 0 Å². The number of rotatable bonds is 2. The molecule has 1 aromatic rings. The first-order valence-electron chi connectivity index (χ1n) is 4.00. The number of aromatic hydroxyl groups is 1. The highest BCUT2D eigenvalue weighted by Crippen LogP contribution is 2.42. The lowest BCUT2D eigenvalue weighted by Gasteiger charge is -2.03. The molecule has 1 aromatic carbocycles. The molecule has 0 fully saturated rings. The van der Waals surface area contributed by atoms with E-state index >= 15 is 0 Å². The Balaban J connectivity index is 2.51. The van der Waals surface area contributed by atoms with Crippen LogP contribution in [0.1, 0.15) is 10.4 Å². The Labute approximate surface area is 83.7 Å². The van der Waals surface area contributed by atoms with Gasteiger partial charge in [-0.25, -0.2) is 4.79 Å². The summed E-state index contributed by atoms with van der Waals surface area (Å²) in [5, 5.41) is 18.0. The number of fused-ring (bicyclic) bond motifs is 1. The van der Waals surface area contributed by atoms with Crippen molar-refractivity contribution in [1.82, 2.24) is 0 Å². The van der Waals surface area contributed by atoms with Crippen molar-refractivity contribution in [3.8, 4) is 17.2 Å². The summed E-state index contributed by atoms with van der Waals surface area (Å²) < 4.78 is 9.82. The molecule has 0 unspecified atom stereocenters. The molecule has 0 bridgehead atoms. The van der Waals surface area contributed by atoms with Crippen LogP contribution in [0.25, 0.3) is 0 Å². The number of Topliss-reactive ketones (excluding diaryl/α,β-unsaturated/α-hetero) is 1. The summed E-state index contributed by atoms with van der Waals surface area (Å²) >= 11 is 0. The van der Waals surface area contributed by atoms with Crippen molar-refractivity contribution >= 4 is 11.8 Å². The van der Waals surface area contributed by atoms with E-state index in [1.807, 2.05) is 0 Å². The van der Waals surface area contributed by atoms with Crippen LogP contribution in [0.3, 0.4) is 0 Å². The van der Waals surface area contributed by atoms with E-state index in [-0.39, 0.29) is 23.9 Å². The maximum Gasteiger partial charge on any atom is 0.377 e. The Bertz CT molecular complexity index is 450. The van der Waals surface area contributed by atoms with Gasteiger partial charge in [-0.3, -0.25) is 4.79 Å². The molecule has 0 amide bonds. The van der Waals surface area contributed by atoms with Gasteiger partial charge >= 0.3 is 5.97 Å². The number of hydrogen-bond donors (Lipinski definition) is 2. The molecule has 0 aromatic heterocycles. The fraction of sp³-hybridized carbons (Fsp3) is 0.111. The van der Waals surface area contributed by atoms with Gasteiger partial charge in [-0.1, -0.05) is 0 Å². The lowest BCUT2D eigenvalue weighted by Crippen LogP contribution is -2.12. The Morgan fingerprint density at radius 1 is 1.27 bits per heavy atom. The SMILES string of the molecule is O=C(O)C(=O)c1ccc2c(c1O)OCO2. The summed E-state index contributed by atoms with van der Waals surface area (Å²) in [5.74, 6) is -3.04. The van der Waals surface area contributed by atoms with Crippen LogP contribution in [0.4, 0.5) is 0 Å².